The number of hydrogen-bond acceptors (Lipinski definition) is 6. The van der Waals surface area contributed by atoms with E-state index < -0.39 is 11.9 Å². The van der Waals surface area contributed by atoms with E-state index in [2.05, 4.69) is 0 Å². The number of carbonyl (C=O) groups is 1. The highest BCUT2D eigenvalue weighted by Crippen LogP contribution is 2.41. The van der Waals surface area contributed by atoms with Crippen LogP contribution in [-0.2, 0) is 6.54 Å². The minimum Gasteiger partial charge on any atom is -0.504 e. The zero-order valence-electron chi connectivity index (χ0n) is 18.4. The van der Waals surface area contributed by atoms with Gasteiger partial charge in [0.1, 0.15) is 11.3 Å². The lowest BCUT2D eigenvalue weighted by atomic mass is 9.97. The van der Waals surface area contributed by atoms with Crippen LogP contribution in [0, 0.1) is 0 Å². The van der Waals surface area contributed by atoms with Crippen LogP contribution in [0.2, 0.25) is 5.02 Å². The van der Waals surface area contributed by atoms with Crippen molar-refractivity contribution in [3.63, 3.8) is 0 Å². The van der Waals surface area contributed by atoms with E-state index in [-0.39, 0.29) is 40.4 Å². The highest BCUT2D eigenvalue weighted by molar-refractivity contribution is 6.31. The number of rotatable bonds is 5. The fourth-order valence-electron chi connectivity index (χ4n) is 4.29. The lowest BCUT2D eigenvalue weighted by molar-refractivity contribution is 0.0714. The Bertz CT molecular complexity index is 1480. The molecule has 1 aromatic heterocycles. The molecule has 5 rings (SSSR count). The Balaban J connectivity index is 1.71. The summed E-state index contributed by atoms with van der Waals surface area (Å²) in [5, 5.41) is 10.8. The third-order valence-corrected chi connectivity index (χ3v) is 6.19. The Kier molecular flexibility index (Phi) is 5.42. The first-order valence-electron chi connectivity index (χ1n) is 10.5. The Morgan fingerprint density at radius 2 is 1.76 bits per heavy atom. The van der Waals surface area contributed by atoms with E-state index in [0.717, 1.165) is 5.56 Å². The summed E-state index contributed by atoms with van der Waals surface area (Å²) in [5.74, 6) is 0.465. The van der Waals surface area contributed by atoms with E-state index in [1.54, 1.807) is 48.4 Å². The molecule has 1 amide bonds. The first-order chi connectivity index (χ1) is 16.4. The summed E-state index contributed by atoms with van der Waals surface area (Å²) in [6.07, 6.45) is 0. The van der Waals surface area contributed by atoms with E-state index in [1.807, 2.05) is 12.1 Å². The maximum atomic E-state index is 13.6. The molecule has 4 aromatic rings. The number of fused-ring (bicyclic) bond motifs is 2. The second-order valence-electron chi connectivity index (χ2n) is 7.93. The van der Waals surface area contributed by atoms with Gasteiger partial charge in [0.25, 0.3) is 5.91 Å². The lowest BCUT2D eigenvalue weighted by Crippen LogP contribution is -2.29. The number of phenols is 1. The summed E-state index contributed by atoms with van der Waals surface area (Å²) in [6.45, 7) is 0.220. The summed E-state index contributed by atoms with van der Waals surface area (Å²) in [4.78, 5) is 28.7. The molecule has 0 saturated carbocycles. The molecule has 172 valence electrons. The van der Waals surface area contributed by atoms with Crippen LogP contribution in [0.1, 0.15) is 33.3 Å². The average molecular weight is 478 g/mol. The molecule has 1 atom stereocenters. The van der Waals surface area contributed by atoms with Gasteiger partial charge in [-0.1, -0.05) is 29.8 Å². The van der Waals surface area contributed by atoms with Gasteiger partial charge >= 0.3 is 0 Å². The Morgan fingerprint density at radius 1 is 1.00 bits per heavy atom. The maximum absolute atomic E-state index is 13.6. The van der Waals surface area contributed by atoms with Crippen LogP contribution < -0.4 is 14.9 Å². The summed E-state index contributed by atoms with van der Waals surface area (Å²) in [7, 11) is 3.02. The van der Waals surface area contributed by atoms with Crippen LogP contribution >= 0.6 is 11.6 Å². The number of phenolic OH excluding ortho intramolecular Hbond substituents is 1. The fourth-order valence-corrected chi connectivity index (χ4v) is 4.47. The highest BCUT2D eigenvalue weighted by atomic mass is 35.5. The number of nitrogens with zero attached hydrogens (tertiary/aromatic N) is 1. The normalized spacial score (nSPS) is 15.0. The van der Waals surface area contributed by atoms with Crippen molar-refractivity contribution in [1.29, 1.82) is 0 Å². The number of halogens is 1. The van der Waals surface area contributed by atoms with E-state index >= 15 is 0 Å². The molecule has 34 heavy (non-hydrogen) atoms. The molecule has 1 N–H and O–H groups in total. The number of carbonyl (C=O) groups excluding carboxylic acids is 1. The molecule has 0 unspecified atom stereocenters. The number of aromatic hydroxyl groups is 1. The first-order valence-corrected chi connectivity index (χ1v) is 10.9. The fraction of sp³-hybridized carbons (Fsp3) is 0.154. The van der Waals surface area contributed by atoms with Gasteiger partial charge in [0, 0.05) is 11.6 Å². The maximum Gasteiger partial charge on any atom is 0.291 e. The number of methoxy groups -OCH3 is 2. The number of ether oxygens (including phenoxy) is 2. The zero-order chi connectivity index (χ0) is 24.0. The quantitative estimate of drug-likeness (QED) is 0.439. The molecule has 7 nitrogen and oxygen atoms in total. The van der Waals surface area contributed by atoms with Crippen molar-refractivity contribution >= 4 is 28.5 Å². The summed E-state index contributed by atoms with van der Waals surface area (Å²) >= 11 is 6.13. The zero-order valence-corrected chi connectivity index (χ0v) is 19.1. The second kappa shape index (κ2) is 8.43. The van der Waals surface area contributed by atoms with Gasteiger partial charge in [-0.2, -0.15) is 0 Å². The summed E-state index contributed by atoms with van der Waals surface area (Å²) in [5.41, 5.74) is 1.62. The van der Waals surface area contributed by atoms with Crippen molar-refractivity contribution in [3.8, 4) is 17.2 Å². The predicted octanol–water partition coefficient (Wildman–Crippen LogP) is 4.91. The van der Waals surface area contributed by atoms with E-state index in [9.17, 15) is 14.7 Å². The molecule has 1 aliphatic heterocycles. The molecule has 0 fully saturated rings. The van der Waals surface area contributed by atoms with Gasteiger partial charge in [-0.3, -0.25) is 9.59 Å². The summed E-state index contributed by atoms with van der Waals surface area (Å²) in [6, 6.07) is 16.0. The lowest BCUT2D eigenvalue weighted by Gasteiger charge is -2.25. The van der Waals surface area contributed by atoms with Gasteiger partial charge in [-0.15, -0.1) is 0 Å². The van der Waals surface area contributed by atoms with Crippen molar-refractivity contribution in [2.45, 2.75) is 12.6 Å². The van der Waals surface area contributed by atoms with Crippen molar-refractivity contribution in [2.24, 2.45) is 0 Å². The molecule has 2 heterocycles. The van der Waals surface area contributed by atoms with Crippen LogP contribution in [-0.4, -0.2) is 30.1 Å². The number of benzene rings is 3. The van der Waals surface area contributed by atoms with E-state index in [0.29, 0.717) is 21.7 Å². The van der Waals surface area contributed by atoms with Crippen molar-refractivity contribution < 1.29 is 23.8 Å². The standard InChI is InChI=1S/C26H20ClNO6/c1-32-17-7-3-14(4-8-17)13-28-23(15-5-9-19(29)21(11-15)33-2)22-24(30)18-12-16(27)6-10-20(18)34-25(22)26(28)31/h3-12,23,29H,13H2,1-2H3/t23-/m1/s1. The number of hydrogen-bond donors (Lipinski definition) is 1. The largest absolute Gasteiger partial charge is 0.504 e. The van der Waals surface area contributed by atoms with Crippen LogP contribution in [0.25, 0.3) is 11.0 Å². The molecule has 0 aliphatic carbocycles. The second-order valence-corrected chi connectivity index (χ2v) is 8.37. The van der Waals surface area contributed by atoms with Crippen LogP contribution in [0.4, 0.5) is 0 Å². The molecule has 8 heteroatoms. The SMILES string of the molecule is COc1ccc(CN2C(=O)c3oc4ccc(Cl)cc4c(=O)c3[C@H]2c2ccc(O)c(OC)c2)cc1. The Labute approximate surface area is 199 Å². The van der Waals surface area contributed by atoms with Gasteiger partial charge in [0.15, 0.2) is 16.9 Å². The molecule has 1 aliphatic rings. The minimum absolute atomic E-state index is 0.00891. The van der Waals surface area contributed by atoms with E-state index in [4.69, 9.17) is 25.5 Å². The van der Waals surface area contributed by atoms with Gasteiger partial charge in [-0.25, -0.2) is 0 Å². The first kappa shape index (κ1) is 21.9. The number of amides is 1. The van der Waals surface area contributed by atoms with Crippen molar-refractivity contribution in [3.05, 3.63) is 98.4 Å². The molecule has 0 radical (unpaired) electrons. The van der Waals surface area contributed by atoms with E-state index in [1.165, 1.54) is 19.2 Å². The van der Waals surface area contributed by atoms with Crippen LogP contribution in [0.3, 0.4) is 0 Å². The van der Waals surface area contributed by atoms with Crippen LogP contribution in [0.5, 0.6) is 17.2 Å². The van der Waals surface area contributed by atoms with Gasteiger partial charge in [-0.05, 0) is 53.6 Å². The Morgan fingerprint density at radius 3 is 2.47 bits per heavy atom. The molecular weight excluding hydrogens is 458 g/mol. The summed E-state index contributed by atoms with van der Waals surface area (Å²) < 4.78 is 16.4. The predicted molar refractivity (Wildman–Crippen MR) is 127 cm³/mol. The molecule has 0 bridgehead atoms. The molecule has 0 saturated heterocycles. The Hall–Kier alpha value is -3.97. The van der Waals surface area contributed by atoms with Crippen molar-refractivity contribution in [2.75, 3.05) is 14.2 Å². The molecule has 3 aromatic carbocycles. The average Bonchev–Trinajstić information content (AvgIpc) is 3.12. The van der Waals surface area contributed by atoms with Crippen LogP contribution in [0.15, 0.2) is 69.9 Å². The third-order valence-electron chi connectivity index (χ3n) is 5.96. The monoisotopic (exact) mass is 477 g/mol. The molecule has 0 spiro atoms. The molecular formula is C26H20ClNO6. The minimum atomic E-state index is -0.751. The third kappa shape index (κ3) is 3.54. The van der Waals surface area contributed by atoms with Gasteiger partial charge in [0.05, 0.1) is 31.2 Å². The topological polar surface area (TPSA) is 89.2 Å². The van der Waals surface area contributed by atoms with Crippen molar-refractivity contribution in [1.82, 2.24) is 4.90 Å². The smallest absolute Gasteiger partial charge is 0.291 e. The van der Waals surface area contributed by atoms with Gasteiger partial charge in [0.2, 0.25) is 5.76 Å². The van der Waals surface area contributed by atoms with Gasteiger partial charge < -0.3 is 23.9 Å². The highest BCUT2D eigenvalue weighted by Gasteiger charge is 2.43.